The first-order valence-electron chi connectivity index (χ1n) is 18.6. The van der Waals surface area contributed by atoms with Crippen LogP contribution in [0.2, 0.25) is 6.04 Å². The fourth-order valence-corrected chi connectivity index (χ4v) is 8.60. The van der Waals surface area contributed by atoms with Gasteiger partial charge in [-0.15, -0.1) is 0 Å². The van der Waals surface area contributed by atoms with Crippen LogP contribution >= 0.6 is 0 Å². The molecule has 1 N–H and O–H groups in total. The zero-order chi connectivity index (χ0) is 32.7. The number of aliphatic hydroxyl groups excluding tert-OH is 1. The number of unbranched alkanes of at least 4 members (excludes halogenated alkanes) is 8. The van der Waals surface area contributed by atoms with E-state index in [0.717, 1.165) is 76.9 Å². The van der Waals surface area contributed by atoms with Gasteiger partial charge in [-0.25, -0.2) is 0 Å². The molecule has 0 aromatic heterocycles. The van der Waals surface area contributed by atoms with Crippen molar-refractivity contribution >= 4 is 8.80 Å². The summed E-state index contributed by atoms with van der Waals surface area (Å²) in [5.74, 6) is 0. The molecule has 0 aliphatic heterocycles. The Morgan fingerprint density at radius 1 is 0.545 bits per heavy atom. The Bertz CT molecular complexity index is 624. The van der Waals surface area contributed by atoms with Crippen LogP contribution in [-0.4, -0.2) is 63.9 Å². The van der Waals surface area contributed by atoms with E-state index in [1.807, 2.05) is 0 Å². The third kappa shape index (κ3) is 26.5. The SMILES string of the molecule is CCCC/C=C\CCC(C)O[Si](CCCCCN(C)CCO)(OC(C)CC/C=C\CCCC)OC(C)CC/C=C\CCCC. The molecule has 44 heavy (non-hydrogen) atoms. The fourth-order valence-electron chi connectivity index (χ4n) is 5.20. The minimum Gasteiger partial charge on any atom is -0.395 e. The number of hydrogen-bond acceptors (Lipinski definition) is 5. The Morgan fingerprint density at radius 2 is 0.932 bits per heavy atom. The Balaban J connectivity index is 5.59. The second kappa shape index (κ2) is 30.9. The van der Waals surface area contributed by atoms with Gasteiger partial charge in [-0.3, -0.25) is 0 Å². The van der Waals surface area contributed by atoms with Crippen molar-refractivity contribution in [2.75, 3.05) is 26.7 Å². The molecule has 0 radical (unpaired) electrons. The van der Waals surface area contributed by atoms with E-state index >= 15 is 0 Å². The highest BCUT2D eigenvalue weighted by Crippen LogP contribution is 2.28. The average molecular weight is 638 g/mol. The van der Waals surface area contributed by atoms with E-state index in [1.54, 1.807) is 0 Å². The second-order valence-electron chi connectivity index (χ2n) is 12.9. The lowest BCUT2D eigenvalue weighted by atomic mass is 10.2. The third-order valence-electron chi connectivity index (χ3n) is 8.04. The molecule has 0 aromatic rings. The fraction of sp³-hybridized carbons (Fsp3) is 0.842. The Hall–Kier alpha value is -0.763. The molecular formula is C38H75NO4Si. The smallest absolute Gasteiger partial charge is 0.395 e. The number of hydrogen-bond donors (Lipinski definition) is 1. The maximum absolute atomic E-state index is 9.25. The number of nitrogens with zero attached hydrogens (tertiary/aromatic N) is 1. The van der Waals surface area contributed by atoms with Gasteiger partial charge in [-0.1, -0.05) is 102 Å². The van der Waals surface area contributed by atoms with Crippen LogP contribution in [0.1, 0.15) is 157 Å². The van der Waals surface area contributed by atoms with Crippen molar-refractivity contribution in [2.45, 2.75) is 181 Å². The average Bonchev–Trinajstić information content (AvgIpc) is 2.98. The first-order valence-corrected chi connectivity index (χ1v) is 20.5. The molecule has 3 atom stereocenters. The van der Waals surface area contributed by atoms with Gasteiger partial charge in [0.15, 0.2) is 0 Å². The van der Waals surface area contributed by atoms with Gasteiger partial charge < -0.3 is 23.3 Å². The Labute approximate surface area is 276 Å². The van der Waals surface area contributed by atoms with Crippen LogP contribution < -0.4 is 0 Å². The maximum atomic E-state index is 9.25. The summed E-state index contributed by atoms with van der Waals surface area (Å²) < 4.78 is 20.9. The summed E-state index contributed by atoms with van der Waals surface area (Å²) in [5, 5.41) is 9.25. The number of likely N-dealkylation sites (N-methyl/N-ethyl adjacent to an activating group) is 1. The van der Waals surface area contributed by atoms with E-state index in [-0.39, 0.29) is 24.9 Å². The largest absolute Gasteiger partial charge is 0.501 e. The summed E-state index contributed by atoms with van der Waals surface area (Å²) in [7, 11) is -0.863. The van der Waals surface area contributed by atoms with E-state index in [2.05, 4.69) is 89.9 Å². The first kappa shape index (κ1) is 43.2. The van der Waals surface area contributed by atoms with Crippen LogP contribution in [0, 0.1) is 0 Å². The lowest BCUT2D eigenvalue weighted by molar-refractivity contribution is -0.0134. The molecule has 0 aliphatic carbocycles. The van der Waals surface area contributed by atoms with Gasteiger partial charge in [-0.2, -0.15) is 0 Å². The van der Waals surface area contributed by atoms with Gasteiger partial charge >= 0.3 is 8.80 Å². The van der Waals surface area contributed by atoms with E-state index < -0.39 is 8.80 Å². The van der Waals surface area contributed by atoms with Crippen LogP contribution in [0.4, 0.5) is 0 Å². The molecular weight excluding hydrogens is 563 g/mol. The zero-order valence-corrected chi connectivity index (χ0v) is 31.4. The summed E-state index contributed by atoms with van der Waals surface area (Å²) in [4.78, 5) is 2.20. The van der Waals surface area contributed by atoms with Gasteiger partial charge in [0.25, 0.3) is 0 Å². The summed E-state index contributed by atoms with van der Waals surface area (Å²) in [6, 6.07) is 0.862. The number of rotatable bonds is 32. The highest BCUT2D eigenvalue weighted by molar-refractivity contribution is 6.60. The van der Waals surface area contributed by atoms with E-state index in [1.165, 1.54) is 57.8 Å². The monoisotopic (exact) mass is 638 g/mol. The molecule has 0 aliphatic rings. The van der Waals surface area contributed by atoms with Gasteiger partial charge in [0.1, 0.15) is 0 Å². The molecule has 3 unspecified atom stereocenters. The Morgan fingerprint density at radius 3 is 1.30 bits per heavy atom. The van der Waals surface area contributed by atoms with Crippen molar-refractivity contribution in [2.24, 2.45) is 0 Å². The van der Waals surface area contributed by atoms with Crippen molar-refractivity contribution in [1.29, 1.82) is 0 Å². The molecule has 0 saturated carbocycles. The molecule has 0 spiro atoms. The molecule has 0 fully saturated rings. The van der Waals surface area contributed by atoms with Gasteiger partial charge in [0, 0.05) is 30.9 Å². The van der Waals surface area contributed by atoms with E-state index in [0.29, 0.717) is 0 Å². The van der Waals surface area contributed by atoms with Crippen LogP contribution in [-0.2, 0) is 13.3 Å². The van der Waals surface area contributed by atoms with Crippen LogP contribution in [0.25, 0.3) is 0 Å². The lowest BCUT2D eigenvalue weighted by Crippen LogP contribution is -2.51. The van der Waals surface area contributed by atoms with Gasteiger partial charge in [-0.05, 0) is 105 Å². The lowest BCUT2D eigenvalue weighted by Gasteiger charge is -2.37. The number of aliphatic hydroxyl groups is 1. The van der Waals surface area contributed by atoms with Crippen LogP contribution in [0.5, 0.6) is 0 Å². The quantitative estimate of drug-likeness (QED) is 0.0452. The van der Waals surface area contributed by atoms with Crippen molar-refractivity contribution in [3.8, 4) is 0 Å². The molecule has 5 nitrogen and oxygen atoms in total. The van der Waals surface area contributed by atoms with Crippen molar-refractivity contribution in [1.82, 2.24) is 4.90 Å². The molecule has 0 rings (SSSR count). The van der Waals surface area contributed by atoms with Crippen LogP contribution in [0.3, 0.4) is 0 Å². The normalized spacial score (nSPS) is 16.0. The Kier molecular flexibility index (Phi) is 30.3. The highest BCUT2D eigenvalue weighted by Gasteiger charge is 2.45. The van der Waals surface area contributed by atoms with Gasteiger partial charge in [0.2, 0.25) is 0 Å². The van der Waals surface area contributed by atoms with Gasteiger partial charge in [0.05, 0.1) is 6.61 Å². The zero-order valence-electron chi connectivity index (χ0n) is 30.4. The van der Waals surface area contributed by atoms with Crippen molar-refractivity contribution < 1.29 is 18.4 Å². The third-order valence-corrected chi connectivity index (χ3v) is 11.3. The van der Waals surface area contributed by atoms with Crippen molar-refractivity contribution in [3.05, 3.63) is 36.5 Å². The standard InChI is InChI=1S/C38H75NO4Si/c1-8-11-14-17-20-24-29-36(4)41-44(35-28-23-27-32-39(7)33-34-40,42-37(5)30-25-21-18-15-12-9-2)43-38(6)31-26-22-19-16-13-10-3/h17-22,36-38,40H,8-16,23-35H2,1-7H3/b20-17-,21-18-,22-19-. The molecule has 260 valence electrons. The highest BCUT2D eigenvalue weighted by atomic mass is 28.4. The maximum Gasteiger partial charge on any atom is 0.501 e. The summed E-state index contributed by atoms with van der Waals surface area (Å²) in [6.07, 6.45) is 34.5. The molecule has 0 saturated heterocycles. The second-order valence-corrected chi connectivity index (χ2v) is 15.5. The van der Waals surface area contributed by atoms with E-state index in [9.17, 15) is 5.11 Å². The molecule has 0 heterocycles. The van der Waals surface area contributed by atoms with Crippen molar-refractivity contribution in [3.63, 3.8) is 0 Å². The van der Waals surface area contributed by atoms with E-state index in [4.69, 9.17) is 13.3 Å². The molecule has 0 amide bonds. The molecule has 6 heteroatoms. The predicted octanol–water partition coefficient (Wildman–Crippen LogP) is 10.8. The molecule has 0 aromatic carbocycles. The topological polar surface area (TPSA) is 51.2 Å². The molecule has 0 bridgehead atoms. The minimum absolute atomic E-state index is 0.0930. The summed E-state index contributed by atoms with van der Waals surface area (Å²) >= 11 is 0. The number of allylic oxidation sites excluding steroid dienone is 6. The first-order chi connectivity index (χ1) is 21.3. The minimum atomic E-state index is -2.95. The predicted molar refractivity (Wildman–Crippen MR) is 194 cm³/mol. The van der Waals surface area contributed by atoms with Crippen LogP contribution in [0.15, 0.2) is 36.5 Å². The summed E-state index contributed by atoms with van der Waals surface area (Å²) in [5.41, 5.74) is 0. The summed E-state index contributed by atoms with van der Waals surface area (Å²) in [6.45, 7) is 15.3.